The third kappa shape index (κ3) is 4.70. The lowest BCUT2D eigenvalue weighted by Crippen LogP contribution is -2.45. The van der Waals surface area contributed by atoms with Crippen LogP contribution in [0.25, 0.3) is 0 Å². The van der Waals surface area contributed by atoms with Crippen LogP contribution >= 0.6 is 12.2 Å². The smallest absolute Gasteiger partial charge is 0.338 e. The number of benzene rings is 2. The van der Waals surface area contributed by atoms with E-state index in [0.29, 0.717) is 36.0 Å². The van der Waals surface area contributed by atoms with E-state index in [1.165, 1.54) is 0 Å². The first kappa shape index (κ1) is 19.9. The Morgan fingerprint density at radius 3 is 2.57 bits per heavy atom. The molecule has 1 aliphatic heterocycles. The van der Waals surface area contributed by atoms with E-state index in [1.807, 2.05) is 68.4 Å². The fraction of sp³-hybridized carbons (Fsp3) is 0.273. The maximum atomic E-state index is 12.9. The van der Waals surface area contributed by atoms with E-state index in [9.17, 15) is 4.79 Å². The Balaban J connectivity index is 1.80. The summed E-state index contributed by atoms with van der Waals surface area (Å²) in [7, 11) is 0. The van der Waals surface area contributed by atoms with Gasteiger partial charge in [-0.25, -0.2) is 4.79 Å². The molecule has 0 bridgehead atoms. The molecule has 0 spiro atoms. The summed E-state index contributed by atoms with van der Waals surface area (Å²) in [5.74, 6) is 0.349. The Labute approximate surface area is 170 Å². The standard InChI is InChI=1S/C22H24N2O3S/c1-3-26-18-12-8-7-11-17(18)20-19(15(2)23-22(28)24-20)21(25)27-14-13-16-9-5-4-6-10-16/h4-12,20H,3,13-14H2,1-2H3,(H2,23,24,28)/t20-/m0/s1. The second-order valence-electron chi connectivity index (χ2n) is 6.41. The van der Waals surface area contributed by atoms with Gasteiger partial charge in [-0.3, -0.25) is 0 Å². The van der Waals surface area contributed by atoms with Crippen molar-refractivity contribution in [3.05, 3.63) is 77.0 Å². The summed E-state index contributed by atoms with van der Waals surface area (Å²) >= 11 is 5.31. The molecule has 0 aromatic heterocycles. The lowest BCUT2D eigenvalue weighted by molar-refractivity contribution is -0.139. The van der Waals surface area contributed by atoms with Crippen molar-refractivity contribution in [2.45, 2.75) is 26.3 Å². The molecule has 0 amide bonds. The number of thiocarbonyl (C=S) groups is 1. The van der Waals surface area contributed by atoms with Gasteiger partial charge in [-0.05, 0) is 37.7 Å². The highest BCUT2D eigenvalue weighted by Crippen LogP contribution is 2.33. The van der Waals surface area contributed by atoms with Crippen LogP contribution in [0.3, 0.4) is 0 Å². The maximum absolute atomic E-state index is 12.9. The van der Waals surface area contributed by atoms with E-state index >= 15 is 0 Å². The number of allylic oxidation sites excluding steroid dienone is 1. The molecular weight excluding hydrogens is 372 g/mol. The summed E-state index contributed by atoms with van der Waals surface area (Å²) in [4.78, 5) is 12.9. The van der Waals surface area contributed by atoms with Crippen LogP contribution in [-0.2, 0) is 16.0 Å². The van der Waals surface area contributed by atoms with E-state index in [1.54, 1.807) is 0 Å². The van der Waals surface area contributed by atoms with Crippen molar-refractivity contribution in [1.29, 1.82) is 0 Å². The van der Waals surface area contributed by atoms with E-state index in [2.05, 4.69) is 10.6 Å². The summed E-state index contributed by atoms with van der Waals surface area (Å²) in [5, 5.41) is 6.68. The van der Waals surface area contributed by atoms with Crippen molar-refractivity contribution in [3.63, 3.8) is 0 Å². The minimum absolute atomic E-state index is 0.309. The summed E-state index contributed by atoms with van der Waals surface area (Å²) in [5.41, 5.74) is 3.17. The second kappa shape index (κ2) is 9.37. The first-order chi connectivity index (χ1) is 13.6. The van der Waals surface area contributed by atoms with Gasteiger partial charge in [0.1, 0.15) is 5.75 Å². The largest absolute Gasteiger partial charge is 0.494 e. The monoisotopic (exact) mass is 396 g/mol. The zero-order valence-electron chi connectivity index (χ0n) is 16.0. The summed E-state index contributed by atoms with van der Waals surface area (Å²) in [6, 6.07) is 17.2. The van der Waals surface area contributed by atoms with Crippen LogP contribution in [0.4, 0.5) is 0 Å². The molecule has 1 aliphatic rings. The lowest BCUT2D eigenvalue weighted by atomic mass is 9.95. The number of rotatable bonds is 7. The zero-order valence-corrected chi connectivity index (χ0v) is 16.8. The van der Waals surface area contributed by atoms with Gasteiger partial charge in [0.05, 0.1) is 24.8 Å². The molecule has 28 heavy (non-hydrogen) atoms. The van der Waals surface area contributed by atoms with Crippen LogP contribution < -0.4 is 15.4 Å². The Kier molecular flexibility index (Phi) is 6.66. The van der Waals surface area contributed by atoms with Crippen molar-refractivity contribution in [2.24, 2.45) is 0 Å². The average Bonchev–Trinajstić information content (AvgIpc) is 2.69. The summed E-state index contributed by atoms with van der Waals surface area (Å²) in [6.07, 6.45) is 0.665. The van der Waals surface area contributed by atoms with Crippen LogP contribution in [0.1, 0.15) is 31.0 Å². The molecule has 0 unspecified atom stereocenters. The van der Waals surface area contributed by atoms with E-state index in [-0.39, 0.29) is 5.97 Å². The predicted octanol–water partition coefficient (Wildman–Crippen LogP) is 3.66. The molecule has 0 saturated carbocycles. The zero-order chi connectivity index (χ0) is 19.9. The molecule has 146 valence electrons. The Morgan fingerprint density at radius 1 is 1.11 bits per heavy atom. The SMILES string of the molecule is CCOc1ccccc1[C@@H]1NC(=S)NC(C)=C1C(=O)OCCc1ccccc1. The number of carbonyl (C=O) groups is 1. The summed E-state index contributed by atoms with van der Waals surface area (Å²) < 4.78 is 11.3. The van der Waals surface area contributed by atoms with Crippen LogP contribution in [-0.4, -0.2) is 24.3 Å². The quantitative estimate of drug-likeness (QED) is 0.550. The normalized spacial score (nSPS) is 16.2. The third-order valence-electron chi connectivity index (χ3n) is 4.49. The van der Waals surface area contributed by atoms with Gasteiger partial charge in [0.15, 0.2) is 5.11 Å². The van der Waals surface area contributed by atoms with Crippen molar-refractivity contribution < 1.29 is 14.3 Å². The van der Waals surface area contributed by atoms with Crippen LogP contribution in [0.2, 0.25) is 0 Å². The fourth-order valence-electron chi connectivity index (χ4n) is 3.19. The predicted molar refractivity (Wildman–Crippen MR) is 113 cm³/mol. The Bertz CT molecular complexity index is 880. The minimum atomic E-state index is -0.430. The lowest BCUT2D eigenvalue weighted by Gasteiger charge is -2.30. The highest BCUT2D eigenvalue weighted by Gasteiger charge is 2.32. The van der Waals surface area contributed by atoms with Crippen LogP contribution in [0.5, 0.6) is 5.75 Å². The number of para-hydroxylation sites is 1. The van der Waals surface area contributed by atoms with Gasteiger partial charge in [-0.15, -0.1) is 0 Å². The maximum Gasteiger partial charge on any atom is 0.338 e. The molecule has 2 aromatic rings. The van der Waals surface area contributed by atoms with Gasteiger partial charge >= 0.3 is 5.97 Å². The molecule has 6 heteroatoms. The molecule has 0 fully saturated rings. The molecule has 0 saturated heterocycles. The highest BCUT2D eigenvalue weighted by molar-refractivity contribution is 7.80. The van der Waals surface area contributed by atoms with Gasteiger partial charge in [-0.1, -0.05) is 48.5 Å². The Hall–Kier alpha value is -2.86. The molecule has 2 aromatic carbocycles. The van der Waals surface area contributed by atoms with Crippen LogP contribution in [0.15, 0.2) is 65.9 Å². The van der Waals surface area contributed by atoms with Gasteiger partial charge in [-0.2, -0.15) is 0 Å². The van der Waals surface area contributed by atoms with Crippen molar-refractivity contribution >= 4 is 23.3 Å². The molecule has 3 rings (SSSR count). The number of ether oxygens (including phenoxy) is 2. The average molecular weight is 397 g/mol. The molecule has 1 heterocycles. The summed E-state index contributed by atoms with van der Waals surface area (Å²) in [6.45, 7) is 4.60. The number of hydrogen-bond acceptors (Lipinski definition) is 4. The molecule has 1 atom stereocenters. The van der Waals surface area contributed by atoms with Crippen molar-refractivity contribution in [2.75, 3.05) is 13.2 Å². The van der Waals surface area contributed by atoms with Crippen LogP contribution in [0, 0.1) is 0 Å². The third-order valence-corrected chi connectivity index (χ3v) is 4.71. The van der Waals surface area contributed by atoms with Gasteiger partial charge in [0.25, 0.3) is 0 Å². The number of carbonyl (C=O) groups excluding carboxylic acids is 1. The fourth-order valence-corrected chi connectivity index (χ4v) is 3.46. The second-order valence-corrected chi connectivity index (χ2v) is 6.82. The molecule has 5 nitrogen and oxygen atoms in total. The van der Waals surface area contributed by atoms with E-state index in [0.717, 1.165) is 16.9 Å². The Morgan fingerprint density at radius 2 is 1.82 bits per heavy atom. The van der Waals surface area contributed by atoms with Gasteiger partial charge in [0, 0.05) is 17.7 Å². The number of esters is 1. The first-order valence-electron chi connectivity index (χ1n) is 9.31. The minimum Gasteiger partial charge on any atom is -0.494 e. The number of hydrogen-bond donors (Lipinski definition) is 2. The molecular formula is C22H24N2O3S. The van der Waals surface area contributed by atoms with E-state index < -0.39 is 6.04 Å². The first-order valence-corrected chi connectivity index (χ1v) is 9.72. The molecule has 0 radical (unpaired) electrons. The molecule has 0 aliphatic carbocycles. The van der Waals surface area contributed by atoms with E-state index in [4.69, 9.17) is 21.7 Å². The van der Waals surface area contributed by atoms with Crippen molar-refractivity contribution in [3.8, 4) is 5.75 Å². The topological polar surface area (TPSA) is 59.6 Å². The van der Waals surface area contributed by atoms with Gasteiger partial charge in [0.2, 0.25) is 0 Å². The molecule has 2 N–H and O–H groups in total. The highest BCUT2D eigenvalue weighted by atomic mass is 32.1. The number of nitrogens with one attached hydrogen (secondary N) is 2. The van der Waals surface area contributed by atoms with Crippen molar-refractivity contribution in [1.82, 2.24) is 10.6 Å². The van der Waals surface area contributed by atoms with Gasteiger partial charge < -0.3 is 20.1 Å².